The molecule has 0 unspecified atom stereocenters. The number of nitrogen functional groups attached to an aromatic ring is 1. The van der Waals surface area contributed by atoms with Crippen LogP contribution < -0.4 is 11.1 Å². The molecular weight excluding hydrogens is 328 g/mol. The van der Waals surface area contributed by atoms with E-state index in [2.05, 4.69) is 12.2 Å². The summed E-state index contributed by atoms with van der Waals surface area (Å²) in [6.07, 6.45) is 0.00820. The highest BCUT2D eigenvalue weighted by molar-refractivity contribution is 5.97. The molecule has 2 aromatic rings. The van der Waals surface area contributed by atoms with E-state index < -0.39 is 12.1 Å². The molecule has 0 aliphatic rings. The zero-order valence-corrected chi connectivity index (χ0v) is 15.5. The van der Waals surface area contributed by atoms with E-state index in [0.29, 0.717) is 12.2 Å². The van der Waals surface area contributed by atoms with Gasteiger partial charge in [0.15, 0.2) is 6.10 Å². The summed E-state index contributed by atoms with van der Waals surface area (Å²) in [5.41, 5.74) is 8.54. The quantitative estimate of drug-likeness (QED) is 0.589. The fourth-order valence-electron chi connectivity index (χ4n) is 2.73. The number of aryl methyl sites for hydroxylation is 1. The minimum Gasteiger partial charge on any atom is -0.449 e. The Morgan fingerprint density at radius 3 is 2.46 bits per heavy atom. The molecule has 0 radical (unpaired) electrons. The average molecular weight is 354 g/mol. The number of hydrogen-bond acceptors (Lipinski definition) is 4. The molecule has 138 valence electrons. The molecule has 0 heterocycles. The van der Waals surface area contributed by atoms with Gasteiger partial charge in [0.1, 0.15) is 0 Å². The van der Waals surface area contributed by atoms with Gasteiger partial charge in [-0.3, -0.25) is 4.79 Å². The minimum atomic E-state index is -0.893. The van der Waals surface area contributed by atoms with Crippen LogP contribution in [0.15, 0.2) is 48.5 Å². The van der Waals surface area contributed by atoms with Gasteiger partial charge in [0.2, 0.25) is 0 Å². The number of anilines is 1. The van der Waals surface area contributed by atoms with Crippen molar-refractivity contribution >= 4 is 17.6 Å². The summed E-state index contributed by atoms with van der Waals surface area (Å²) in [7, 11) is 0. The van der Waals surface area contributed by atoms with Crippen LogP contribution in [0.1, 0.15) is 47.7 Å². The maximum absolute atomic E-state index is 12.3. The Labute approximate surface area is 154 Å². The summed E-state index contributed by atoms with van der Waals surface area (Å²) in [5, 5.41) is 2.87. The third-order valence-corrected chi connectivity index (χ3v) is 4.48. The third kappa shape index (κ3) is 4.85. The first-order chi connectivity index (χ1) is 12.4. The highest BCUT2D eigenvalue weighted by Gasteiger charge is 2.21. The maximum Gasteiger partial charge on any atom is 0.341 e. The second-order valence-corrected chi connectivity index (χ2v) is 6.34. The number of carbonyl (C=O) groups is 2. The Kier molecular flexibility index (Phi) is 6.78. The van der Waals surface area contributed by atoms with E-state index in [1.165, 1.54) is 5.56 Å². The van der Waals surface area contributed by atoms with Gasteiger partial charge in [-0.05, 0) is 37.5 Å². The van der Waals surface area contributed by atoms with Crippen molar-refractivity contribution in [3.8, 4) is 0 Å². The van der Waals surface area contributed by atoms with Gasteiger partial charge in [0, 0.05) is 18.2 Å². The summed E-state index contributed by atoms with van der Waals surface area (Å²) in [5.74, 6) is -0.696. The standard InChI is InChI=1S/C21H26N2O3/c1-4-16(17-10-6-5-7-11-17)13-23-20(24)15(3)26-21(25)18-12-8-9-14(2)19(18)22/h5-12,15-16H,4,13,22H2,1-3H3,(H,23,24)/t15-,16-/m1/s1. The Morgan fingerprint density at radius 2 is 1.81 bits per heavy atom. The molecule has 0 saturated heterocycles. The van der Waals surface area contributed by atoms with Crippen LogP contribution >= 0.6 is 0 Å². The number of hydrogen-bond donors (Lipinski definition) is 2. The molecule has 0 spiro atoms. The van der Waals surface area contributed by atoms with Crippen LogP contribution in [0.3, 0.4) is 0 Å². The van der Waals surface area contributed by atoms with Crippen LogP contribution in [0.2, 0.25) is 0 Å². The summed E-state index contributed by atoms with van der Waals surface area (Å²) in [4.78, 5) is 24.6. The van der Waals surface area contributed by atoms with Crippen LogP contribution in [0.4, 0.5) is 5.69 Å². The third-order valence-electron chi connectivity index (χ3n) is 4.48. The lowest BCUT2D eigenvalue weighted by Gasteiger charge is -2.19. The smallest absolute Gasteiger partial charge is 0.341 e. The number of rotatable bonds is 7. The first-order valence-corrected chi connectivity index (χ1v) is 8.82. The van der Waals surface area contributed by atoms with Crippen molar-refractivity contribution in [2.45, 2.75) is 39.2 Å². The Hall–Kier alpha value is -2.82. The summed E-state index contributed by atoms with van der Waals surface area (Å²) in [6, 6.07) is 15.2. The molecule has 0 saturated carbocycles. The zero-order valence-electron chi connectivity index (χ0n) is 15.5. The van der Waals surface area contributed by atoms with Crippen molar-refractivity contribution in [2.75, 3.05) is 12.3 Å². The molecular formula is C21H26N2O3. The molecule has 5 heteroatoms. The van der Waals surface area contributed by atoms with Gasteiger partial charge in [-0.2, -0.15) is 0 Å². The van der Waals surface area contributed by atoms with Crippen LogP contribution in [0.25, 0.3) is 0 Å². The van der Waals surface area contributed by atoms with E-state index in [1.54, 1.807) is 19.1 Å². The van der Waals surface area contributed by atoms with Gasteiger partial charge in [0.25, 0.3) is 5.91 Å². The molecule has 2 aromatic carbocycles. The average Bonchev–Trinajstić information content (AvgIpc) is 2.65. The summed E-state index contributed by atoms with van der Waals surface area (Å²) < 4.78 is 5.27. The van der Waals surface area contributed by atoms with Crippen LogP contribution in [0, 0.1) is 6.92 Å². The van der Waals surface area contributed by atoms with E-state index in [1.807, 2.05) is 43.3 Å². The molecule has 0 aliphatic carbocycles. The van der Waals surface area contributed by atoms with Gasteiger partial charge in [0.05, 0.1) is 5.56 Å². The van der Waals surface area contributed by atoms with Gasteiger partial charge < -0.3 is 15.8 Å². The fraction of sp³-hybridized carbons (Fsp3) is 0.333. The molecule has 1 amide bonds. The molecule has 5 nitrogen and oxygen atoms in total. The molecule has 0 fully saturated rings. The number of benzene rings is 2. The van der Waals surface area contributed by atoms with Crippen LogP contribution in [-0.4, -0.2) is 24.5 Å². The second-order valence-electron chi connectivity index (χ2n) is 6.34. The predicted octanol–water partition coefficient (Wildman–Crippen LogP) is 3.43. The lowest BCUT2D eigenvalue weighted by atomic mass is 9.96. The Balaban J connectivity index is 1.93. The van der Waals surface area contributed by atoms with Crippen molar-refractivity contribution in [2.24, 2.45) is 0 Å². The van der Waals surface area contributed by atoms with E-state index in [-0.39, 0.29) is 17.4 Å². The molecule has 0 bridgehead atoms. The van der Waals surface area contributed by atoms with Gasteiger partial charge >= 0.3 is 5.97 Å². The topological polar surface area (TPSA) is 81.4 Å². The maximum atomic E-state index is 12.3. The molecule has 26 heavy (non-hydrogen) atoms. The first-order valence-electron chi connectivity index (χ1n) is 8.82. The molecule has 2 atom stereocenters. The zero-order chi connectivity index (χ0) is 19.1. The monoisotopic (exact) mass is 354 g/mol. The number of nitrogens with one attached hydrogen (secondary N) is 1. The van der Waals surface area contributed by atoms with Crippen molar-refractivity contribution in [3.05, 3.63) is 65.2 Å². The lowest BCUT2D eigenvalue weighted by Crippen LogP contribution is -2.38. The second kappa shape index (κ2) is 9.04. The Bertz CT molecular complexity index is 759. The van der Waals surface area contributed by atoms with Crippen molar-refractivity contribution in [1.29, 1.82) is 0 Å². The summed E-state index contributed by atoms with van der Waals surface area (Å²) in [6.45, 7) is 5.95. The van der Waals surface area contributed by atoms with Crippen molar-refractivity contribution in [3.63, 3.8) is 0 Å². The number of para-hydroxylation sites is 1. The number of nitrogens with two attached hydrogens (primary N) is 1. The number of ether oxygens (including phenoxy) is 1. The normalized spacial score (nSPS) is 12.9. The van der Waals surface area contributed by atoms with Gasteiger partial charge in [-0.15, -0.1) is 0 Å². The summed E-state index contributed by atoms with van der Waals surface area (Å²) >= 11 is 0. The van der Waals surface area contributed by atoms with E-state index in [0.717, 1.165) is 12.0 Å². The van der Waals surface area contributed by atoms with E-state index in [4.69, 9.17) is 10.5 Å². The van der Waals surface area contributed by atoms with E-state index in [9.17, 15) is 9.59 Å². The van der Waals surface area contributed by atoms with Crippen LogP contribution in [-0.2, 0) is 9.53 Å². The largest absolute Gasteiger partial charge is 0.449 e. The molecule has 0 aliphatic heterocycles. The van der Waals surface area contributed by atoms with Gasteiger partial charge in [-0.25, -0.2) is 4.79 Å². The minimum absolute atomic E-state index is 0.218. The fourth-order valence-corrected chi connectivity index (χ4v) is 2.73. The van der Waals surface area contributed by atoms with E-state index >= 15 is 0 Å². The number of amides is 1. The van der Waals surface area contributed by atoms with Gasteiger partial charge in [-0.1, -0.05) is 49.4 Å². The molecule has 0 aromatic heterocycles. The van der Waals surface area contributed by atoms with Crippen molar-refractivity contribution < 1.29 is 14.3 Å². The predicted molar refractivity (Wildman–Crippen MR) is 103 cm³/mol. The molecule has 2 rings (SSSR count). The highest BCUT2D eigenvalue weighted by atomic mass is 16.5. The first kappa shape index (κ1) is 19.5. The van der Waals surface area contributed by atoms with Crippen molar-refractivity contribution in [1.82, 2.24) is 5.32 Å². The number of carbonyl (C=O) groups excluding carboxylic acids is 2. The SMILES string of the molecule is CC[C@H](CNC(=O)[C@@H](C)OC(=O)c1cccc(C)c1N)c1ccccc1. The molecule has 3 N–H and O–H groups in total. The highest BCUT2D eigenvalue weighted by Crippen LogP contribution is 2.19. The number of esters is 1. The lowest BCUT2D eigenvalue weighted by molar-refractivity contribution is -0.129. The van der Waals surface area contributed by atoms with Crippen LogP contribution in [0.5, 0.6) is 0 Å². The Morgan fingerprint density at radius 1 is 1.12 bits per heavy atom.